The molecule has 2 atom stereocenters. The minimum absolute atomic E-state index is 0.0176. The van der Waals surface area contributed by atoms with Crippen LogP contribution >= 0.6 is 0 Å². The molecule has 8 heteroatoms. The van der Waals surface area contributed by atoms with E-state index in [1.807, 2.05) is 48.9 Å². The molecule has 3 amide bonds. The Hall–Kier alpha value is -3.16. The predicted molar refractivity (Wildman–Crippen MR) is 135 cm³/mol. The van der Waals surface area contributed by atoms with Crippen LogP contribution in [0, 0.1) is 18.8 Å². The maximum absolute atomic E-state index is 13.2. The zero-order valence-corrected chi connectivity index (χ0v) is 21.6. The van der Waals surface area contributed by atoms with Crippen molar-refractivity contribution in [3.63, 3.8) is 0 Å². The highest BCUT2D eigenvalue weighted by atomic mass is 16.2. The minimum atomic E-state index is -0.509. The summed E-state index contributed by atoms with van der Waals surface area (Å²) in [4.78, 5) is 41.7. The number of benzene rings is 1. The maximum Gasteiger partial charge on any atom is 0.245 e. The van der Waals surface area contributed by atoms with Crippen molar-refractivity contribution < 1.29 is 14.4 Å². The monoisotopic (exact) mass is 481 g/mol. The number of likely N-dealkylation sites (N-methyl/N-ethyl adjacent to an activating group) is 1. The van der Waals surface area contributed by atoms with Gasteiger partial charge in [0.05, 0.1) is 0 Å². The first kappa shape index (κ1) is 26.4. The molecule has 1 aromatic heterocycles. The van der Waals surface area contributed by atoms with Gasteiger partial charge in [-0.2, -0.15) is 5.10 Å². The third-order valence-electron chi connectivity index (χ3n) is 7.12. The number of piperidine rings is 1. The standard InChI is InChI=1S/C27H39N5O3/c1-19(2)26(29-21(4)33)27(35)31-15-11-22(12-16-31)24(17-23-10-7-6-9-20(23)3)30(5)25(34)18-32-14-8-13-28-32/h6-10,13-14,19,22,24,26H,11-12,15-18H2,1-5H3,(H,29,33)/t24-,26+/m1/s1. The van der Waals surface area contributed by atoms with Crippen molar-refractivity contribution in [3.05, 3.63) is 53.9 Å². The van der Waals surface area contributed by atoms with Crippen molar-refractivity contribution in [2.24, 2.45) is 11.8 Å². The van der Waals surface area contributed by atoms with Gasteiger partial charge < -0.3 is 15.1 Å². The molecule has 1 aromatic carbocycles. The Morgan fingerprint density at radius 2 is 1.83 bits per heavy atom. The van der Waals surface area contributed by atoms with Crippen molar-refractivity contribution in [1.82, 2.24) is 24.9 Å². The molecule has 0 aliphatic carbocycles. The number of carbonyl (C=O) groups excluding carboxylic acids is 3. The lowest BCUT2D eigenvalue weighted by molar-refractivity contribution is -0.140. The van der Waals surface area contributed by atoms with Gasteiger partial charge in [-0.15, -0.1) is 0 Å². The molecule has 3 rings (SSSR count). The first-order chi connectivity index (χ1) is 16.7. The summed E-state index contributed by atoms with van der Waals surface area (Å²) in [6.45, 7) is 8.90. The Bertz CT molecular complexity index is 996. The average molecular weight is 482 g/mol. The summed E-state index contributed by atoms with van der Waals surface area (Å²) in [5.41, 5.74) is 2.45. The van der Waals surface area contributed by atoms with E-state index in [2.05, 4.69) is 29.5 Å². The number of hydrogen-bond acceptors (Lipinski definition) is 4. The lowest BCUT2D eigenvalue weighted by atomic mass is 9.84. The van der Waals surface area contributed by atoms with Crippen LogP contribution in [0.15, 0.2) is 42.7 Å². The van der Waals surface area contributed by atoms with Crippen LogP contribution < -0.4 is 5.32 Å². The predicted octanol–water partition coefficient (Wildman–Crippen LogP) is 2.66. The number of hydrogen-bond donors (Lipinski definition) is 1. The molecule has 2 heterocycles. The highest BCUT2D eigenvalue weighted by Crippen LogP contribution is 2.28. The SMILES string of the molecule is CC(=O)N[C@H](C(=O)N1CCC([C@@H](Cc2ccccc2C)N(C)C(=O)Cn2cccn2)CC1)C(C)C. The van der Waals surface area contributed by atoms with Gasteiger partial charge in [-0.1, -0.05) is 38.1 Å². The summed E-state index contributed by atoms with van der Waals surface area (Å²) < 4.78 is 1.65. The van der Waals surface area contributed by atoms with Crippen molar-refractivity contribution in [3.8, 4) is 0 Å². The average Bonchev–Trinajstić information content (AvgIpc) is 3.34. The zero-order chi connectivity index (χ0) is 25.5. The van der Waals surface area contributed by atoms with E-state index in [-0.39, 0.29) is 42.1 Å². The second kappa shape index (κ2) is 12.0. The smallest absolute Gasteiger partial charge is 0.245 e. The van der Waals surface area contributed by atoms with Gasteiger partial charge in [-0.3, -0.25) is 19.1 Å². The second-order valence-electron chi connectivity index (χ2n) is 9.99. The third-order valence-corrected chi connectivity index (χ3v) is 7.12. The minimum Gasteiger partial charge on any atom is -0.344 e. The normalized spacial score (nSPS) is 16.1. The van der Waals surface area contributed by atoms with E-state index in [9.17, 15) is 14.4 Å². The fourth-order valence-electron chi connectivity index (χ4n) is 4.95. The van der Waals surface area contributed by atoms with Gasteiger partial charge in [0, 0.05) is 45.5 Å². The molecule has 1 aliphatic rings. The summed E-state index contributed by atoms with van der Waals surface area (Å²) >= 11 is 0. The van der Waals surface area contributed by atoms with E-state index in [4.69, 9.17) is 0 Å². The van der Waals surface area contributed by atoms with Crippen molar-refractivity contribution in [2.45, 2.75) is 65.6 Å². The van der Waals surface area contributed by atoms with Gasteiger partial charge in [0.25, 0.3) is 0 Å². The van der Waals surface area contributed by atoms with E-state index >= 15 is 0 Å². The molecule has 0 unspecified atom stereocenters. The Kier molecular flexibility index (Phi) is 9.07. The van der Waals surface area contributed by atoms with E-state index < -0.39 is 6.04 Å². The van der Waals surface area contributed by atoms with E-state index in [1.54, 1.807) is 17.1 Å². The van der Waals surface area contributed by atoms with Crippen LogP contribution in [0.2, 0.25) is 0 Å². The highest BCUT2D eigenvalue weighted by molar-refractivity contribution is 5.87. The molecule has 0 spiro atoms. The molecule has 0 bridgehead atoms. The molecule has 8 nitrogen and oxygen atoms in total. The summed E-state index contributed by atoms with van der Waals surface area (Å²) in [5.74, 6) is 0.0959. The van der Waals surface area contributed by atoms with Crippen LogP contribution in [0.3, 0.4) is 0 Å². The van der Waals surface area contributed by atoms with Gasteiger partial charge in [0.1, 0.15) is 12.6 Å². The van der Waals surface area contributed by atoms with Crippen LogP contribution in [0.4, 0.5) is 0 Å². The topological polar surface area (TPSA) is 87.5 Å². The number of carbonyl (C=O) groups is 3. The molecule has 1 saturated heterocycles. The van der Waals surface area contributed by atoms with Crippen LogP contribution in [0.25, 0.3) is 0 Å². The number of aryl methyl sites for hydroxylation is 1. The maximum atomic E-state index is 13.2. The molecule has 0 saturated carbocycles. The largest absolute Gasteiger partial charge is 0.344 e. The van der Waals surface area contributed by atoms with E-state index in [1.165, 1.54) is 18.1 Å². The number of likely N-dealkylation sites (tertiary alicyclic amines) is 1. The summed E-state index contributed by atoms with van der Waals surface area (Å²) in [6, 6.07) is 9.64. The molecular formula is C27H39N5O3. The number of rotatable bonds is 9. The Morgan fingerprint density at radius 3 is 2.40 bits per heavy atom. The number of nitrogens with one attached hydrogen (secondary N) is 1. The number of aromatic nitrogens is 2. The first-order valence-corrected chi connectivity index (χ1v) is 12.5. The van der Waals surface area contributed by atoms with E-state index in [0.29, 0.717) is 13.1 Å². The summed E-state index contributed by atoms with van der Waals surface area (Å²) in [7, 11) is 1.89. The van der Waals surface area contributed by atoms with Crippen molar-refractivity contribution in [1.29, 1.82) is 0 Å². The fourth-order valence-corrected chi connectivity index (χ4v) is 4.95. The van der Waals surface area contributed by atoms with E-state index in [0.717, 1.165) is 19.3 Å². The summed E-state index contributed by atoms with van der Waals surface area (Å²) in [6.07, 6.45) is 5.87. The molecule has 2 aromatic rings. The number of amides is 3. The lowest BCUT2D eigenvalue weighted by Crippen LogP contribution is -2.54. The first-order valence-electron chi connectivity index (χ1n) is 12.5. The molecule has 1 N–H and O–H groups in total. The van der Waals surface area contributed by atoms with Gasteiger partial charge in [-0.05, 0) is 55.2 Å². The molecule has 0 radical (unpaired) electrons. The fraction of sp³-hybridized carbons (Fsp3) is 0.556. The van der Waals surface area contributed by atoms with Crippen LogP contribution in [0.1, 0.15) is 44.7 Å². The van der Waals surface area contributed by atoms with Gasteiger partial charge in [-0.25, -0.2) is 0 Å². The van der Waals surface area contributed by atoms with Gasteiger partial charge >= 0.3 is 0 Å². The Labute approximate surface area is 208 Å². The van der Waals surface area contributed by atoms with Crippen LogP contribution in [-0.4, -0.2) is 69.5 Å². The van der Waals surface area contributed by atoms with Crippen LogP contribution in [0.5, 0.6) is 0 Å². The highest BCUT2D eigenvalue weighted by Gasteiger charge is 2.35. The van der Waals surface area contributed by atoms with Crippen molar-refractivity contribution in [2.75, 3.05) is 20.1 Å². The van der Waals surface area contributed by atoms with Crippen LogP contribution in [-0.2, 0) is 27.3 Å². The van der Waals surface area contributed by atoms with Gasteiger partial charge in [0.15, 0.2) is 0 Å². The van der Waals surface area contributed by atoms with Gasteiger partial charge in [0.2, 0.25) is 17.7 Å². The molecular weight excluding hydrogens is 442 g/mol. The Balaban J connectivity index is 1.73. The Morgan fingerprint density at radius 1 is 1.14 bits per heavy atom. The molecule has 1 fully saturated rings. The number of nitrogens with zero attached hydrogens (tertiary/aromatic N) is 4. The second-order valence-corrected chi connectivity index (χ2v) is 9.99. The molecule has 190 valence electrons. The summed E-state index contributed by atoms with van der Waals surface area (Å²) in [5, 5.41) is 7.00. The third kappa shape index (κ3) is 6.93. The molecule has 35 heavy (non-hydrogen) atoms. The zero-order valence-electron chi connectivity index (χ0n) is 21.6. The lowest BCUT2D eigenvalue weighted by Gasteiger charge is -2.41. The quantitative estimate of drug-likeness (QED) is 0.597. The van der Waals surface area contributed by atoms with Crippen molar-refractivity contribution >= 4 is 17.7 Å². The molecule has 1 aliphatic heterocycles.